The molecule has 1 unspecified atom stereocenters. The highest BCUT2D eigenvalue weighted by molar-refractivity contribution is 7.86. The Bertz CT molecular complexity index is 2980. The first kappa shape index (κ1) is 65.7. The molecule has 0 radical (unpaired) electrons. The molecule has 1 amide bonds. The molecule has 28 heteroatoms. The molecule has 3 heterocycles. The average Bonchev–Trinajstić information content (AvgIpc) is 3.71. The number of ether oxygens (including phenoxy) is 4. The second-order valence-electron chi connectivity index (χ2n) is 19.6. The quantitative estimate of drug-likeness (QED) is 0.0254. The van der Waals surface area contributed by atoms with E-state index in [1.807, 2.05) is 68.5 Å². The molecule has 2 aromatic carbocycles. The number of fused-ring (bicyclic) bond motifs is 2. The summed E-state index contributed by atoms with van der Waals surface area (Å²) in [5.41, 5.74) is 8.96. The maximum absolute atomic E-state index is 12.8. The Kier molecular flexibility index (Phi) is 24.9. The van der Waals surface area contributed by atoms with Gasteiger partial charge in [-0.05, 0) is 95.6 Å². The van der Waals surface area contributed by atoms with Gasteiger partial charge in [0.1, 0.15) is 30.6 Å². The van der Waals surface area contributed by atoms with Gasteiger partial charge in [-0.25, -0.2) is 4.79 Å². The van der Waals surface area contributed by atoms with Crippen LogP contribution in [0.5, 0.6) is 0 Å². The van der Waals surface area contributed by atoms with E-state index in [1.165, 1.54) is 12.1 Å². The molecule has 0 aromatic heterocycles. The van der Waals surface area contributed by atoms with Gasteiger partial charge in [0.2, 0.25) is 5.69 Å². The number of hydrogen-bond acceptors (Lipinski definition) is 19. The van der Waals surface area contributed by atoms with Gasteiger partial charge in [0, 0.05) is 66.9 Å². The van der Waals surface area contributed by atoms with Gasteiger partial charge in [0.15, 0.2) is 18.1 Å². The van der Waals surface area contributed by atoms with Crippen LogP contribution in [-0.4, -0.2) is 171 Å². The summed E-state index contributed by atoms with van der Waals surface area (Å²) in [5.74, 6) is -0.672. The lowest BCUT2D eigenvalue weighted by molar-refractivity contribution is -0.438. The highest BCUT2D eigenvalue weighted by Gasteiger charge is 2.48. The second-order valence-corrected chi connectivity index (χ2v) is 24.6. The number of nitrogens with zero attached hydrogens (tertiary/aromatic N) is 2. The topological polar surface area (TPSA) is 378 Å². The Morgan fingerprint density at radius 1 is 0.795 bits per heavy atom. The third-order valence-corrected chi connectivity index (χ3v) is 16.0. The van der Waals surface area contributed by atoms with E-state index in [1.54, 1.807) is 6.07 Å². The predicted molar refractivity (Wildman–Crippen MR) is 284 cm³/mol. The standard InChI is InChI=1S/C50H71N3O18S3.O3S/c1-49(2)38-33-36(74(65,66)67)23-24-40(38)52(26-12-5-6-17-35(55)18-16-28-68-29-30-69-47-45(57)46(71-48(51)58)44(56)41(34-54)70-47)42(49)21-7-4-8-22-43-50(3,25-11-14-31-72(59,60)61)37-19-9-10-20-39(37)53(43)27-13-15-32-73(62,63)64;1-4(2)3/h4,7-10,19-24,33,41,44-47,54,56-57H,5-6,11-18,25-32,34H2,1-3H3,(H4-,51,58,59,60,61,62,63,64,65,66,67);/p+1/t41-,44-,45+,46+,47+,50?;/m1./s1. The summed E-state index contributed by atoms with van der Waals surface area (Å²) in [6, 6.07) is 12.4. The average molecular weight is 1180 g/mol. The first-order chi connectivity index (χ1) is 36.5. The SMILES string of the molecule is CC1(C)C(C=CC=CC=C2N(CCCCS(=O)(=O)O)c3ccccc3C2(C)CCCCS(=O)(=O)O)=[N+](CCCCCC(=O)CCCOCCO[C@H]2O[C@H](CO)[C@@H](O)[C@H](OC(N)=O)[C@@H]2O)c2ccc(S(=O)(=O)O)cc21.O=S(=O)=O. The number of carbonyl (C=O) groups excluding carboxylic acids is 2. The molecule has 3 aliphatic rings. The third kappa shape index (κ3) is 19.5. The van der Waals surface area contributed by atoms with Crippen LogP contribution in [0.4, 0.5) is 16.2 Å². The smallest absolute Gasteiger partial charge is 0.425 e. The van der Waals surface area contributed by atoms with Gasteiger partial charge in [-0.1, -0.05) is 42.8 Å². The number of aliphatic hydroxyl groups is 3. The molecule has 6 atom stereocenters. The fourth-order valence-corrected chi connectivity index (χ4v) is 11.4. The number of unbranched alkanes of at least 4 members (excludes halogenated alkanes) is 4. The number of allylic oxidation sites excluding steroid dienone is 6. The van der Waals surface area contributed by atoms with Gasteiger partial charge >= 0.3 is 16.7 Å². The highest BCUT2D eigenvalue weighted by Crippen LogP contribution is 2.51. The van der Waals surface area contributed by atoms with E-state index in [0.717, 1.165) is 34.8 Å². The molecule has 24 nitrogen and oxygen atoms in total. The van der Waals surface area contributed by atoms with E-state index in [9.17, 15) is 63.8 Å². The van der Waals surface area contributed by atoms with Gasteiger partial charge in [-0.15, -0.1) is 12.6 Å². The molecule has 436 valence electrons. The second kappa shape index (κ2) is 29.6. The minimum Gasteiger partial charge on any atom is -0.441 e. The summed E-state index contributed by atoms with van der Waals surface area (Å²) in [4.78, 5) is 25.9. The van der Waals surface area contributed by atoms with E-state index < -0.39 is 95.2 Å². The van der Waals surface area contributed by atoms with Crippen molar-refractivity contribution in [1.82, 2.24) is 0 Å². The largest absolute Gasteiger partial charge is 0.441 e. The molecular weight excluding hydrogens is 1110 g/mol. The summed E-state index contributed by atoms with van der Waals surface area (Å²) in [6.45, 7) is 6.66. The van der Waals surface area contributed by atoms with Crippen LogP contribution < -0.4 is 10.6 Å². The van der Waals surface area contributed by atoms with Gasteiger partial charge < -0.3 is 44.9 Å². The van der Waals surface area contributed by atoms with Crippen molar-refractivity contribution in [2.24, 2.45) is 5.73 Å². The maximum Gasteiger partial charge on any atom is 0.425 e. The Labute approximate surface area is 456 Å². The summed E-state index contributed by atoms with van der Waals surface area (Å²) in [7, 11) is -15.9. The number of nitrogens with two attached hydrogens (primary N) is 1. The minimum atomic E-state index is -4.50. The number of para-hydroxylation sites is 1. The van der Waals surface area contributed by atoms with Gasteiger partial charge in [0.05, 0.1) is 41.6 Å². The monoisotopic (exact) mass is 1180 g/mol. The number of amides is 1. The van der Waals surface area contributed by atoms with Crippen molar-refractivity contribution in [3.8, 4) is 0 Å². The van der Waals surface area contributed by atoms with Crippen molar-refractivity contribution in [3.05, 3.63) is 89.7 Å². The molecule has 0 spiro atoms. The van der Waals surface area contributed by atoms with Crippen LogP contribution in [0.25, 0.3) is 0 Å². The fraction of sp³-hybridized carbons (Fsp3) is 0.580. The zero-order valence-corrected chi connectivity index (χ0v) is 46.9. The zero-order chi connectivity index (χ0) is 58.1. The summed E-state index contributed by atoms with van der Waals surface area (Å²) >= 11 is 0. The molecule has 8 N–H and O–H groups in total. The normalized spacial score (nSPS) is 22.7. The number of aliphatic hydroxyl groups excluding tert-OH is 3. The number of ketones is 1. The lowest BCUT2D eigenvalue weighted by Crippen LogP contribution is -2.60. The first-order valence-corrected chi connectivity index (χ1v) is 30.8. The van der Waals surface area contributed by atoms with Crippen molar-refractivity contribution in [2.45, 2.75) is 138 Å². The van der Waals surface area contributed by atoms with Crippen LogP contribution in [0.15, 0.2) is 83.4 Å². The van der Waals surface area contributed by atoms with Crippen LogP contribution >= 0.6 is 0 Å². The molecular formula is C50H72N3O21S4+. The lowest BCUT2D eigenvalue weighted by Gasteiger charge is -2.40. The number of anilines is 1. The van der Waals surface area contributed by atoms with Crippen molar-refractivity contribution in [3.63, 3.8) is 0 Å². The first-order valence-electron chi connectivity index (χ1n) is 25.2. The molecule has 1 fully saturated rings. The molecule has 0 bridgehead atoms. The Morgan fingerprint density at radius 2 is 1.45 bits per heavy atom. The Balaban J connectivity index is 0.00000317. The van der Waals surface area contributed by atoms with Crippen LogP contribution in [0.1, 0.15) is 103 Å². The molecule has 78 heavy (non-hydrogen) atoms. The third-order valence-electron chi connectivity index (χ3n) is 13.6. The fourth-order valence-electron chi connectivity index (χ4n) is 9.80. The number of hydrogen-bond donors (Lipinski definition) is 7. The number of carbonyl (C=O) groups is 2. The van der Waals surface area contributed by atoms with Crippen LogP contribution in [0.3, 0.4) is 0 Å². The number of benzene rings is 2. The Hall–Kier alpha value is -4.82. The number of primary amides is 1. The van der Waals surface area contributed by atoms with E-state index >= 15 is 0 Å². The highest BCUT2D eigenvalue weighted by atomic mass is 32.2. The summed E-state index contributed by atoms with van der Waals surface area (Å²) in [5, 5.41) is 30.2. The van der Waals surface area contributed by atoms with Gasteiger partial charge in [0.25, 0.3) is 30.4 Å². The van der Waals surface area contributed by atoms with Crippen LogP contribution in [0.2, 0.25) is 0 Å². The van der Waals surface area contributed by atoms with Crippen LogP contribution in [-0.2, 0) is 75.5 Å². The molecule has 1 saturated heterocycles. The van der Waals surface area contributed by atoms with Crippen molar-refractivity contribution in [1.29, 1.82) is 0 Å². The predicted octanol–water partition coefficient (Wildman–Crippen LogP) is 3.65. The number of rotatable bonds is 30. The summed E-state index contributed by atoms with van der Waals surface area (Å²) < 4.78 is 148. The van der Waals surface area contributed by atoms with Gasteiger partial charge in [-0.3, -0.25) is 18.5 Å². The van der Waals surface area contributed by atoms with Crippen molar-refractivity contribution >= 4 is 69.9 Å². The molecule has 0 aliphatic carbocycles. The number of Topliss-reactive ketones (excluding diaryl/α,β-unsaturated/α-hetero) is 1. The van der Waals surface area contributed by atoms with E-state index in [2.05, 4.69) is 16.4 Å². The lowest BCUT2D eigenvalue weighted by atomic mass is 9.77. The van der Waals surface area contributed by atoms with Crippen molar-refractivity contribution in [2.75, 3.05) is 55.9 Å². The zero-order valence-electron chi connectivity index (χ0n) is 43.7. The van der Waals surface area contributed by atoms with Crippen LogP contribution in [0, 0.1) is 0 Å². The minimum absolute atomic E-state index is 0.0493. The van der Waals surface area contributed by atoms with E-state index in [4.69, 9.17) is 37.3 Å². The van der Waals surface area contributed by atoms with Crippen molar-refractivity contribution < 1.29 is 100.0 Å². The van der Waals surface area contributed by atoms with Gasteiger partial charge in [-0.2, -0.15) is 29.8 Å². The molecule has 3 aliphatic heterocycles. The maximum atomic E-state index is 12.8. The molecule has 0 saturated carbocycles. The molecule has 5 rings (SSSR count). The Morgan fingerprint density at radius 3 is 2.09 bits per heavy atom. The summed E-state index contributed by atoms with van der Waals surface area (Å²) in [6.07, 6.45) is 6.36. The van der Waals surface area contributed by atoms with E-state index in [0.29, 0.717) is 70.0 Å². The molecule has 2 aromatic rings. The van der Waals surface area contributed by atoms with E-state index in [-0.39, 0.29) is 54.8 Å².